The normalized spacial score (nSPS) is 10.4. The number of aromatic nitrogens is 1. The predicted octanol–water partition coefficient (Wildman–Crippen LogP) is 0.812. The molecule has 0 saturated carbocycles. The first-order valence-electron chi connectivity index (χ1n) is 6.06. The van der Waals surface area contributed by atoms with Gasteiger partial charge in [-0.2, -0.15) is 0 Å². The van der Waals surface area contributed by atoms with E-state index in [1.807, 2.05) is 4.90 Å². The fourth-order valence-electron chi connectivity index (χ4n) is 1.83. The Kier molecular flexibility index (Phi) is 5.74. The minimum Gasteiger partial charge on any atom is -0.503 e. The van der Waals surface area contributed by atoms with Crippen molar-refractivity contribution < 1.29 is 15.0 Å². The van der Waals surface area contributed by atoms with Crippen LogP contribution in [0.4, 0.5) is 0 Å². The molecular formula is C14H18N2O4. The van der Waals surface area contributed by atoms with Gasteiger partial charge in [0, 0.05) is 31.4 Å². The van der Waals surface area contributed by atoms with E-state index in [1.165, 1.54) is 10.6 Å². The van der Waals surface area contributed by atoms with E-state index in [0.29, 0.717) is 25.3 Å². The molecule has 6 heteroatoms. The fraction of sp³-hybridized carbons (Fsp3) is 0.286. The Hall–Kier alpha value is -2.34. The van der Waals surface area contributed by atoms with E-state index in [4.69, 9.17) is 5.11 Å². The molecule has 0 bridgehead atoms. The Morgan fingerprint density at radius 3 is 2.45 bits per heavy atom. The maximum absolute atomic E-state index is 11.5. The number of hydrogen-bond donors (Lipinski definition) is 2. The Balaban J connectivity index is 3.09. The summed E-state index contributed by atoms with van der Waals surface area (Å²) in [6.45, 7) is 8.49. The van der Waals surface area contributed by atoms with Gasteiger partial charge in [0.2, 0.25) is 5.43 Å². The quantitative estimate of drug-likeness (QED) is 0.688. The highest BCUT2D eigenvalue weighted by Gasteiger charge is 2.11. The highest BCUT2D eigenvalue weighted by atomic mass is 16.4. The average Bonchev–Trinajstić information content (AvgIpc) is 2.35. The molecule has 0 spiro atoms. The lowest BCUT2D eigenvalue weighted by atomic mass is 10.2. The summed E-state index contributed by atoms with van der Waals surface area (Å²) in [5.41, 5.74) is -0.0160. The van der Waals surface area contributed by atoms with E-state index in [2.05, 4.69) is 13.2 Å². The zero-order valence-electron chi connectivity index (χ0n) is 11.2. The molecule has 0 aliphatic heterocycles. The lowest BCUT2D eigenvalue weighted by molar-refractivity contribution is -0.137. The third-order valence-electron chi connectivity index (χ3n) is 2.66. The van der Waals surface area contributed by atoms with Crippen molar-refractivity contribution in [1.82, 2.24) is 9.47 Å². The third-order valence-corrected chi connectivity index (χ3v) is 2.66. The Bertz CT molecular complexity index is 553. The number of rotatable bonds is 8. The molecule has 6 nitrogen and oxygen atoms in total. The van der Waals surface area contributed by atoms with Gasteiger partial charge in [0.15, 0.2) is 5.75 Å². The van der Waals surface area contributed by atoms with Crippen molar-refractivity contribution in [2.24, 2.45) is 0 Å². The molecule has 0 aliphatic carbocycles. The van der Waals surface area contributed by atoms with Crippen LogP contribution in [-0.4, -0.2) is 38.7 Å². The first-order valence-corrected chi connectivity index (χ1v) is 6.06. The smallest absolute Gasteiger partial charge is 0.323 e. The summed E-state index contributed by atoms with van der Waals surface area (Å²) in [5.74, 6) is -1.51. The molecule has 1 aromatic rings. The summed E-state index contributed by atoms with van der Waals surface area (Å²) in [6, 6.07) is 1.25. The molecule has 1 rings (SSSR count). The summed E-state index contributed by atoms with van der Waals surface area (Å²) < 4.78 is 1.35. The Morgan fingerprint density at radius 2 is 1.95 bits per heavy atom. The first-order chi connectivity index (χ1) is 9.47. The molecule has 1 heterocycles. The highest BCUT2D eigenvalue weighted by molar-refractivity contribution is 5.66. The van der Waals surface area contributed by atoms with Crippen LogP contribution in [0, 0.1) is 0 Å². The minimum absolute atomic E-state index is 0.320. The van der Waals surface area contributed by atoms with Gasteiger partial charge in [-0.1, -0.05) is 12.2 Å². The monoisotopic (exact) mass is 278 g/mol. The molecule has 20 heavy (non-hydrogen) atoms. The summed E-state index contributed by atoms with van der Waals surface area (Å²) in [4.78, 5) is 24.3. The number of carbonyl (C=O) groups is 1. The van der Waals surface area contributed by atoms with Gasteiger partial charge < -0.3 is 14.8 Å². The van der Waals surface area contributed by atoms with Crippen molar-refractivity contribution in [2.75, 3.05) is 13.1 Å². The van der Waals surface area contributed by atoms with Crippen LogP contribution in [0.1, 0.15) is 5.69 Å². The van der Waals surface area contributed by atoms with Crippen LogP contribution in [-0.2, 0) is 17.9 Å². The number of pyridine rings is 1. The third kappa shape index (κ3) is 4.40. The van der Waals surface area contributed by atoms with Crippen molar-refractivity contribution >= 4 is 5.97 Å². The van der Waals surface area contributed by atoms with Gasteiger partial charge in [-0.15, -0.1) is 13.2 Å². The van der Waals surface area contributed by atoms with Crippen molar-refractivity contribution in [1.29, 1.82) is 0 Å². The SMILES string of the molecule is C=CCN(CC=C)Cc1cc(=O)c(O)cn1CC(=O)O. The standard InChI is InChI=1S/C14H18N2O4/c1-3-5-15(6-4-2)8-11-7-12(17)13(18)9-16(11)10-14(19)20/h3-4,7,9,18H,1-2,5-6,8,10H2,(H,19,20). The largest absolute Gasteiger partial charge is 0.503 e. The molecule has 0 saturated heterocycles. The topological polar surface area (TPSA) is 82.8 Å². The lowest BCUT2D eigenvalue weighted by Crippen LogP contribution is -2.27. The first kappa shape index (κ1) is 15.7. The molecule has 0 aliphatic rings. The molecule has 0 fully saturated rings. The fourth-order valence-corrected chi connectivity index (χ4v) is 1.83. The van der Waals surface area contributed by atoms with Crippen molar-refractivity contribution in [3.63, 3.8) is 0 Å². The zero-order chi connectivity index (χ0) is 15.1. The van der Waals surface area contributed by atoms with Gasteiger partial charge >= 0.3 is 5.97 Å². The zero-order valence-corrected chi connectivity index (χ0v) is 11.2. The second-order valence-electron chi connectivity index (χ2n) is 4.31. The number of nitrogens with zero attached hydrogens (tertiary/aromatic N) is 2. The maximum Gasteiger partial charge on any atom is 0.323 e. The van der Waals surface area contributed by atoms with Gasteiger partial charge in [0.1, 0.15) is 6.54 Å². The van der Waals surface area contributed by atoms with Gasteiger partial charge in [0.25, 0.3) is 0 Å². The number of carboxylic acid groups (broad SMARTS) is 1. The van der Waals surface area contributed by atoms with Crippen molar-refractivity contribution in [3.8, 4) is 5.75 Å². The summed E-state index contributed by atoms with van der Waals surface area (Å²) >= 11 is 0. The van der Waals surface area contributed by atoms with Crippen LogP contribution in [0.3, 0.4) is 0 Å². The average molecular weight is 278 g/mol. The maximum atomic E-state index is 11.5. The van der Waals surface area contributed by atoms with Crippen LogP contribution in [0.25, 0.3) is 0 Å². The Labute approximate surface area is 116 Å². The Morgan fingerprint density at radius 1 is 1.35 bits per heavy atom. The number of aliphatic carboxylic acids is 1. The van der Waals surface area contributed by atoms with Gasteiger partial charge in [0.05, 0.1) is 6.20 Å². The van der Waals surface area contributed by atoms with Crippen LogP contribution in [0.15, 0.2) is 42.4 Å². The molecule has 1 aromatic heterocycles. The molecular weight excluding hydrogens is 260 g/mol. The van der Waals surface area contributed by atoms with Crippen LogP contribution in [0.5, 0.6) is 5.75 Å². The second-order valence-corrected chi connectivity index (χ2v) is 4.31. The summed E-state index contributed by atoms with van der Waals surface area (Å²) in [7, 11) is 0. The van der Waals surface area contributed by atoms with Crippen LogP contribution in [0.2, 0.25) is 0 Å². The molecule has 0 atom stereocenters. The van der Waals surface area contributed by atoms with E-state index in [9.17, 15) is 14.7 Å². The van der Waals surface area contributed by atoms with Crippen molar-refractivity contribution in [3.05, 3.63) is 53.5 Å². The molecule has 0 radical (unpaired) electrons. The number of hydrogen-bond acceptors (Lipinski definition) is 4. The van der Waals surface area contributed by atoms with E-state index >= 15 is 0 Å². The van der Waals surface area contributed by atoms with Crippen LogP contribution >= 0.6 is 0 Å². The number of aromatic hydroxyl groups is 1. The molecule has 0 amide bonds. The molecule has 2 N–H and O–H groups in total. The van der Waals surface area contributed by atoms with E-state index < -0.39 is 17.1 Å². The highest BCUT2D eigenvalue weighted by Crippen LogP contribution is 2.08. The lowest BCUT2D eigenvalue weighted by Gasteiger charge is -2.21. The van der Waals surface area contributed by atoms with Gasteiger partial charge in [-0.25, -0.2) is 0 Å². The van der Waals surface area contributed by atoms with Crippen molar-refractivity contribution in [2.45, 2.75) is 13.1 Å². The molecule has 108 valence electrons. The molecule has 0 aromatic carbocycles. The molecule has 0 unspecified atom stereocenters. The van der Waals surface area contributed by atoms with Crippen LogP contribution < -0.4 is 5.43 Å². The van der Waals surface area contributed by atoms with Gasteiger partial charge in [-0.3, -0.25) is 14.5 Å². The summed E-state index contributed by atoms with van der Waals surface area (Å²) in [6.07, 6.45) is 4.57. The minimum atomic E-state index is -1.05. The predicted molar refractivity (Wildman–Crippen MR) is 75.7 cm³/mol. The van der Waals surface area contributed by atoms with E-state index in [1.54, 1.807) is 12.2 Å². The van der Waals surface area contributed by atoms with Gasteiger partial charge in [-0.05, 0) is 0 Å². The van der Waals surface area contributed by atoms with E-state index in [0.717, 1.165) is 6.20 Å². The second kappa shape index (κ2) is 7.30. The van der Waals surface area contributed by atoms with E-state index in [-0.39, 0.29) is 6.54 Å². The summed E-state index contributed by atoms with van der Waals surface area (Å²) in [5, 5.41) is 18.3. The number of carboxylic acids is 1.